The van der Waals surface area contributed by atoms with E-state index in [0.717, 1.165) is 16.6 Å². The van der Waals surface area contributed by atoms with Crippen LogP contribution in [0.4, 0.5) is 9.18 Å². The zero-order chi connectivity index (χ0) is 15.0. The van der Waals surface area contributed by atoms with Crippen molar-refractivity contribution < 1.29 is 18.7 Å². The molecule has 1 fully saturated rings. The van der Waals surface area contributed by atoms with E-state index in [1.54, 1.807) is 19.2 Å². The van der Waals surface area contributed by atoms with Crippen molar-refractivity contribution in [2.24, 2.45) is 0 Å². The Morgan fingerprint density at radius 1 is 1.48 bits per heavy atom. The highest BCUT2D eigenvalue weighted by atomic mass is 19.1. The van der Waals surface area contributed by atoms with Crippen LogP contribution in [0.25, 0.3) is 10.9 Å². The monoisotopic (exact) mass is 291 g/mol. The van der Waals surface area contributed by atoms with Gasteiger partial charge in [0, 0.05) is 23.6 Å². The third-order valence-electron chi connectivity index (χ3n) is 3.39. The molecule has 1 saturated heterocycles. The first-order chi connectivity index (χ1) is 10.0. The maximum Gasteiger partial charge on any atom is 0.407 e. The molecule has 0 bridgehead atoms. The van der Waals surface area contributed by atoms with Gasteiger partial charge >= 0.3 is 6.09 Å². The Hall–Kier alpha value is -2.57. The Labute approximate surface area is 119 Å². The largest absolute Gasteiger partial charge is 0.447 e. The van der Waals surface area contributed by atoms with Gasteiger partial charge < -0.3 is 19.9 Å². The lowest BCUT2D eigenvalue weighted by molar-refractivity contribution is -0.132. The van der Waals surface area contributed by atoms with E-state index < -0.39 is 12.1 Å². The Morgan fingerprint density at radius 3 is 3.00 bits per heavy atom. The maximum absolute atomic E-state index is 13.1. The highest BCUT2D eigenvalue weighted by molar-refractivity contribution is 5.88. The number of benzene rings is 1. The van der Waals surface area contributed by atoms with Gasteiger partial charge in [-0.2, -0.15) is 0 Å². The zero-order valence-corrected chi connectivity index (χ0v) is 11.4. The molecular formula is C14H14FN3O3. The quantitative estimate of drug-likeness (QED) is 0.897. The van der Waals surface area contributed by atoms with E-state index in [0.29, 0.717) is 6.54 Å². The van der Waals surface area contributed by atoms with Gasteiger partial charge in [0.2, 0.25) is 5.91 Å². The summed E-state index contributed by atoms with van der Waals surface area (Å²) in [6, 6.07) is 5.61. The molecule has 0 aliphatic carbocycles. The van der Waals surface area contributed by atoms with Crippen molar-refractivity contribution in [2.45, 2.75) is 12.6 Å². The van der Waals surface area contributed by atoms with E-state index in [9.17, 15) is 14.0 Å². The molecule has 7 heteroatoms. The van der Waals surface area contributed by atoms with Crippen LogP contribution in [0.15, 0.2) is 24.3 Å². The molecule has 2 amide bonds. The summed E-state index contributed by atoms with van der Waals surface area (Å²) in [7, 11) is 1.64. The van der Waals surface area contributed by atoms with Gasteiger partial charge in [-0.05, 0) is 24.3 Å². The van der Waals surface area contributed by atoms with Crippen LogP contribution in [0, 0.1) is 5.82 Å². The van der Waals surface area contributed by atoms with Crippen LogP contribution in [-0.4, -0.2) is 41.6 Å². The number of amides is 2. The minimum atomic E-state index is -0.649. The van der Waals surface area contributed by atoms with E-state index in [4.69, 9.17) is 4.74 Å². The average molecular weight is 291 g/mol. The fourth-order valence-corrected chi connectivity index (χ4v) is 2.37. The van der Waals surface area contributed by atoms with Crippen molar-refractivity contribution in [3.63, 3.8) is 0 Å². The van der Waals surface area contributed by atoms with Gasteiger partial charge in [0.05, 0.1) is 6.54 Å². The number of nitrogens with zero attached hydrogens (tertiary/aromatic N) is 1. The standard InChI is InChI=1S/C14H14FN3O3/c1-18(13(19)12-7-21-14(20)17-12)6-10-5-8-4-9(15)2-3-11(8)16-10/h2-5,12,16H,6-7H2,1H3,(H,17,20)/t12-/m1/s1. The summed E-state index contributed by atoms with van der Waals surface area (Å²) in [6.07, 6.45) is -0.581. The van der Waals surface area contributed by atoms with Gasteiger partial charge in [0.25, 0.3) is 0 Å². The lowest BCUT2D eigenvalue weighted by atomic mass is 10.2. The van der Waals surface area contributed by atoms with Crippen molar-refractivity contribution in [3.8, 4) is 0 Å². The molecule has 6 nitrogen and oxygen atoms in total. The molecule has 1 aromatic carbocycles. The van der Waals surface area contributed by atoms with Gasteiger partial charge in [-0.15, -0.1) is 0 Å². The number of halogens is 1. The van der Waals surface area contributed by atoms with E-state index in [1.807, 2.05) is 0 Å². The van der Waals surface area contributed by atoms with E-state index in [2.05, 4.69) is 10.3 Å². The molecule has 1 aliphatic rings. The minimum Gasteiger partial charge on any atom is -0.447 e. The SMILES string of the molecule is CN(Cc1cc2cc(F)ccc2[nH]1)C(=O)[C@H]1COC(=O)N1. The summed E-state index contributed by atoms with van der Waals surface area (Å²) in [5.41, 5.74) is 1.60. The van der Waals surface area contributed by atoms with Gasteiger partial charge in [-0.1, -0.05) is 0 Å². The van der Waals surface area contributed by atoms with Gasteiger partial charge in [-0.25, -0.2) is 9.18 Å². The van der Waals surface area contributed by atoms with Crippen LogP contribution in [0.1, 0.15) is 5.69 Å². The number of rotatable bonds is 3. The number of H-pyrrole nitrogens is 1. The summed E-state index contributed by atoms with van der Waals surface area (Å²) < 4.78 is 17.8. The number of carbonyl (C=O) groups excluding carboxylic acids is 2. The predicted molar refractivity (Wildman–Crippen MR) is 73.0 cm³/mol. The molecule has 2 aromatic rings. The molecule has 0 radical (unpaired) electrons. The Balaban J connectivity index is 1.72. The third-order valence-corrected chi connectivity index (χ3v) is 3.39. The smallest absolute Gasteiger partial charge is 0.407 e. The number of hydrogen-bond donors (Lipinski definition) is 2. The number of aromatic amines is 1. The van der Waals surface area contributed by atoms with Gasteiger partial charge in [0.15, 0.2) is 0 Å². The molecule has 110 valence electrons. The molecule has 0 saturated carbocycles. The minimum absolute atomic E-state index is 0.0416. The topological polar surface area (TPSA) is 74.4 Å². The lowest BCUT2D eigenvalue weighted by Gasteiger charge is -2.19. The summed E-state index contributed by atoms with van der Waals surface area (Å²) in [6.45, 7) is 0.376. The number of carbonyl (C=O) groups is 2. The normalized spacial score (nSPS) is 17.6. The second-order valence-electron chi connectivity index (χ2n) is 5.02. The lowest BCUT2D eigenvalue weighted by Crippen LogP contribution is -2.43. The van der Waals surface area contributed by atoms with Crippen molar-refractivity contribution >= 4 is 22.9 Å². The molecule has 2 heterocycles. The number of alkyl carbamates (subject to hydrolysis) is 1. The fourth-order valence-electron chi connectivity index (χ4n) is 2.37. The molecule has 0 spiro atoms. The molecule has 21 heavy (non-hydrogen) atoms. The zero-order valence-electron chi connectivity index (χ0n) is 11.4. The van der Waals surface area contributed by atoms with Crippen LogP contribution in [0.3, 0.4) is 0 Å². The van der Waals surface area contributed by atoms with E-state index >= 15 is 0 Å². The summed E-state index contributed by atoms with van der Waals surface area (Å²) in [5, 5.41) is 3.20. The van der Waals surface area contributed by atoms with Crippen molar-refractivity contribution in [2.75, 3.05) is 13.7 Å². The Bertz CT molecular complexity index is 713. The fraction of sp³-hybridized carbons (Fsp3) is 0.286. The highest BCUT2D eigenvalue weighted by Gasteiger charge is 2.31. The second-order valence-corrected chi connectivity index (χ2v) is 5.02. The first-order valence-electron chi connectivity index (χ1n) is 6.48. The molecule has 1 aliphatic heterocycles. The van der Waals surface area contributed by atoms with E-state index in [1.165, 1.54) is 17.0 Å². The van der Waals surface area contributed by atoms with Crippen LogP contribution in [-0.2, 0) is 16.1 Å². The summed E-state index contributed by atoms with van der Waals surface area (Å²) in [5.74, 6) is -0.533. The Morgan fingerprint density at radius 2 is 2.29 bits per heavy atom. The predicted octanol–water partition coefficient (Wildman–Crippen LogP) is 1.37. The van der Waals surface area contributed by atoms with Crippen LogP contribution in [0.5, 0.6) is 0 Å². The van der Waals surface area contributed by atoms with E-state index in [-0.39, 0.29) is 18.3 Å². The van der Waals surface area contributed by atoms with Gasteiger partial charge in [-0.3, -0.25) is 4.79 Å². The number of ether oxygens (including phenoxy) is 1. The second kappa shape index (κ2) is 5.08. The molecule has 1 atom stereocenters. The highest BCUT2D eigenvalue weighted by Crippen LogP contribution is 2.17. The first kappa shape index (κ1) is 13.4. The summed E-state index contributed by atoms with van der Waals surface area (Å²) >= 11 is 0. The number of hydrogen-bond acceptors (Lipinski definition) is 3. The number of aromatic nitrogens is 1. The third kappa shape index (κ3) is 2.67. The van der Waals surface area contributed by atoms with Gasteiger partial charge in [0.1, 0.15) is 18.5 Å². The number of fused-ring (bicyclic) bond motifs is 1. The number of likely N-dealkylation sites (N-methyl/N-ethyl adjacent to an activating group) is 1. The molecule has 3 rings (SSSR count). The van der Waals surface area contributed by atoms with Crippen LogP contribution >= 0.6 is 0 Å². The summed E-state index contributed by atoms with van der Waals surface area (Å²) in [4.78, 5) is 27.7. The number of nitrogens with one attached hydrogen (secondary N) is 2. The molecule has 2 N–H and O–H groups in total. The van der Waals surface area contributed by atoms with Crippen molar-refractivity contribution in [3.05, 3.63) is 35.8 Å². The Kier molecular flexibility index (Phi) is 3.25. The average Bonchev–Trinajstić information content (AvgIpc) is 3.03. The number of cyclic esters (lactones) is 1. The first-order valence-corrected chi connectivity index (χ1v) is 6.48. The van der Waals surface area contributed by atoms with Crippen LogP contribution < -0.4 is 5.32 Å². The molecule has 1 aromatic heterocycles. The van der Waals surface area contributed by atoms with Crippen molar-refractivity contribution in [1.29, 1.82) is 0 Å². The maximum atomic E-state index is 13.1. The molecule has 0 unspecified atom stereocenters. The van der Waals surface area contributed by atoms with Crippen molar-refractivity contribution in [1.82, 2.24) is 15.2 Å². The van der Waals surface area contributed by atoms with Crippen LogP contribution in [0.2, 0.25) is 0 Å². The molecular weight excluding hydrogens is 277 g/mol.